The quantitative estimate of drug-likeness (QED) is 0.215. The van der Waals surface area contributed by atoms with Gasteiger partial charge < -0.3 is 4.42 Å². The Morgan fingerprint density at radius 2 is 1.10 bits per heavy atom. The second-order valence-electron chi connectivity index (χ2n) is 10.2. The topological polar surface area (TPSA) is 51.8 Å². The first-order valence-corrected chi connectivity index (χ1v) is 14.1. The molecule has 2 heterocycles. The van der Waals surface area contributed by atoms with E-state index >= 15 is 0 Å². The van der Waals surface area contributed by atoms with Crippen LogP contribution in [0.2, 0.25) is 5.02 Å². The molecule has 0 aliphatic carbocycles. The highest BCUT2D eigenvalue weighted by atomic mass is 35.5. The number of halogens is 1. The van der Waals surface area contributed by atoms with E-state index in [0.29, 0.717) is 22.5 Å². The monoisotopic (exact) mass is 559 g/mol. The molecule has 8 rings (SSSR count). The van der Waals surface area contributed by atoms with E-state index in [0.717, 1.165) is 44.2 Å². The van der Waals surface area contributed by atoms with E-state index in [1.54, 1.807) is 0 Å². The van der Waals surface area contributed by atoms with Gasteiger partial charge in [0.05, 0.1) is 0 Å². The second kappa shape index (κ2) is 9.95. The van der Waals surface area contributed by atoms with Gasteiger partial charge in [-0.3, -0.25) is 0 Å². The largest absolute Gasteiger partial charge is 0.456 e. The van der Waals surface area contributed by atoms with Crippen molar-refractivity contribution in [2.45, 2.75) is 0 Å². The summed E-state index contributed by atoms with van der Waals surface area (Å²) in [6.07, 6.45) is 0. The SMILES string of the molecule is Clc1ccc2c(c1)oc1cccc(-c3nc(-c4ccccc4)nc(-c4ccc(-c5cccc6ccccc56)cc4)n3)c12. The minimum Gasteiger partial charge on any atom is -0.456 e. The highest BCUT2D eigenvalue weighted by molar-refractivity contribution is 6.31. The molecular formula is C37H22ClN3O. The Morgan fingerprint density at radius 1 is 0.452 bits per heavy atom. The van der Waals surface area contributed by atoms with Crippen molar-refractivity contribution in [1.82, 2.24) is 15.0 Å². The Hall–Kier alpha value is -5.32. The minimum absolute atomic E-state index is 0.584. The zero-order chi connectivity index (χ0) is 28.0. The first kappa shape index (κ1) is 24.5. The number of fused-ring (bicyclic) bond motifs is 4. The first-order valence-electron chi connectivity index (χ1n) is 13.7. The fourth-order valence-corrected chi connectivity index (χ4v) is 5.77. The fraction of sp³-hybridized carbons (Fsp3) is 0. The Labute approximate surface area is 246 Å². The predicted molar refractivity (Wildman–Crippen MR) is 171 cm³/mol. The van der Waals surface area contributed by atoms with E-state index in [2.05, 4.69) is 66.7 Å². The molecule has 0 saturated heterocycles. The summed E-state index contributed by atoms with van der Waals surface area (Å²) in [6, 6.07) is 45.0. The highest BCUT2D eigenvalue weighted by Crippen LogP contribution is 2.37. The van der Waals surface area contributed by atoms with Gasteiger partial charge in [0.1, 0.15) is 11.2 Å². The van der Waals surface area contributed by atoms with Crippen LogP contribution in [-0.2, 0) is 0 Å². The maximum Gasteiger partial charge on any atom is 0.164 e. The van der Waals surface area contributed by atoms with E-state index in [1.165, 1.54) is 16.3 Å². The van der Waals surface area contributed by atoms with Crippen LogP contribution in [0.4, 0.5) is 0 Å². The van der Waals surface area contributed by atoms with Crippen molar-refractivity contribution in [3.05, 3.63) is 138 Å². The van der Waals surface area contributed by atoms with Crippen molar-refractivity contribution in [2.75, 3.05) is 0 Å². The molecule has 2 aromatic heterocycles. The average Bonchev–Trinajstić information content (AvgIpc) is 3.42. The van der Waals surface area contributed by atoms with E-state index in [-0.39, 0.29) is 0 Å². The Kier molecular flexibility index (Phi) is 5.80. The van der Waals surface area contributed by atoms with Gasteiger partial charge in [-0.2, -0.15) is 0 Å². The molecule has 0 unspecified atom stereocenters. The molecule has 42 heavy (non-hydrogen) atoms. The number of furan rings is 1. The van der Waals surface area contributed by atoms with Crippen molar-refractivity contribution in [3.8, 4) is 45.3 Å². The van der Waals surface area contributed by atoms with Crippen LogP contribution in [0.1, 0.15) is 0 Å². The highest BCUT2D eigenvalue weighted by Gasteiger charge is 2.18. The molecule has 6 aromatic carbocycles. The molecule has 0 spiro atoms. The van der Waals surface area contributed by atoms with Crippen LogP contribution < -0.4 is 0 Å². The van der Waals surface area contributed by atoms with Crippen LogP contribution in [0.25, 0.3) is 78.0 Å². The van der Waals surface area contributed by atoms with E-state index in [9.17, 15) is 0 Å². The Morgan fingerprint density at radius 3 is 1.93 bits per heavy atom. The van der Waals surface area contributed by atoms with Crippen molar-refractivity contribution < 1.29 is 4.42 Å². The zero-order valence-electron chi connectivity index (χ0n) is 22.3. The van der Waals surface area contributed by atoms with Crippen LogP contribution in [0.15, 0.2) is 138 Å². The van der Waals surface area contributed by atoms with Crippen LogP contribution in [0.5, 0.6) is 0 Å². The summed E-state index contributed by atoms with van der Waals surface area (Å²) in [6.45, 7) is 0. The lowest BCUT2D eigenvalue weighted by molar-refractivity contribution is 0.669. The lowest BCUT2D eigenvalue weighted by atomic mass is 9.97. The van der Waals surface area contributed by atoms with Gasteiger partial charge in [0.15, 0.2) is 17.5 Å². The summed E-state index contributed by atoms with van der Waals surface area (Å²) >= 11 is 6.27. The molecule has 0 amide bonds. The van der Waals surface area contributed by atoms with Gasteiger partial charge in [0.2, 0.25) is 0 Å². The molecule has 198 valence electrons. The van der Waals surface area contributed by atoms with Gasteiger partial charge in [0, 0.05) is 38.6 Å². The summed E-state index contributed by atoms with van der Waals surface area (Å²) in [4.78, 5) is 14.9. The first-order chi connectivity index (χ1) is 20.7. The second-order valence-corrected chi connectivity index (χ2v) is 10.6. The van der Waals surface area contributed by atoms with Crippen LogP contribution >= 0.6 is 11.6 Å². The number of rotatable bonds is 4. The lowest BCUT2D eigenvalue weighted by Crippen LogP contribution is -2.00. The van der Waals surface area contributed by atoms with Crippen LogP contribution in [0.3, 0.4) is 0 Å². The summed E-state index contributed by atoms with van der Waals surface area (Å²) in [5.74, 6) is 1.80. The molecule has 4 nitrogen and oxygen atoms in total. The van der Waals surface area contributed by atoms with Crippen molar-refractivity contribution in [2.24, 2.45) is 0 Å². The van der Waals surface area contributed by atoms with E-state index in [4.69, 9.17) is 31.0 Å². The predicted octanol–water partition coefficient (Wildman–Crippen LogP) is 10.2. The molecule has 0 aliphatic rings. The van der Waals surface area contributed by atoms with Gasteiger partial charge in [0.25, 0.3) is 0 Å². The third-order valence-electron chi connectivity index (χ3n) is 7.61. The summed E-state index contributed by atoms with van der Waals surface area (Å²) in [7, 11) is 0. The molecule has 8 aromatic rings. The van der Waals surface area contributed by atoms with Gasteiger partial charge >= 0.3 is 0 Å². The van der Waals surface area contributed by atoms with Crippen molar-refractivity contribution in [3.63, 3.8) is 0 Å². The van der Waals surface area contributed by atoms with E-state index < -0.39 is 0 Å². The van der Waals surface area contributed by atoms with Gasteiger partial charge in [-0.15, -0.1) is 0 Å². The van der Waals surface area contributed by atoms with Crippen molar-refractivity contribution in [1.29, 1.82) is 0 Å². The van der Waals surface area contributed by atoms with Gasteiger partial charge in [-0.05, 0) is 40.1 Å². The number of hydrogen-bond acceptors (Lipinski definition) is 4. The molecule has 5 heteroatoms. The summed E-state index contributed by atoms with van der Waals surface area (Å²) in [5, 5.41) is 4.99. The van der Waals surface area contributed by atoms with Crippen LogP contribution in [0, 0.1) is 0 Å². The smallest absolute Gasteiger partial charge is 0.164 e. The molecule has 0 fully saturated rings. The molecule has 0 atom stereocenters. The third kappa shape index (κ3) is 4.21. The molecule has 0 bridgehead atoms. The average molecular weight is 560 g/mol. The van der Waals surface area contributed by atoms with Crippen LogP contribution in [-0.4, -0.2) is 15.0 Å². The molecule has 0 radical (unpaired) electrons. The molecule has 0 N–H and O–H groups in total. The Bertz CT molecular complexity index is 2250. The molecule has 0 aliphatic heterocycles. The fourth-order valence-electron chi connectivity index (χ4n) is 5.60. The number of benzene rings is 6. The number of aromatic nitrogens is 3. The van der Waals surface area contributed by atoms with Crippen molar-refractivity contribution >= 4 is 44.3 Å². The van der Waals surface area contributed by atoms with Gasteiger partial charge in [-0.1, -0.05) is 121 Å². The third-order valence-corrected chi connectivity index (χ3v) is 7.85. The maximum atomic E-state index is 6.27. The Balaban J connectivity index is 1.30. The number of hydrogen-bond donors (Lipinski definition) is 0. The summed E-state index contributed by atoms with van der Waals surface area (Å²) in [5.41, 5.74) is 6.53. The summed E-state index contributed by atoms with van der Waals surface area (Å²) < 4.78 is 6.16. The van der Waals surface area contributed by atoms with Gasteiger partial charge in [-0.25, -0.2) is 15.0 Å². The minimum atomic E-state index is 0.584. The lowest BCUT2D eigenvalue weighted by Gasteiger charge is -2.10. The zero-order valence-corrected chi connectivity index (χ0v) is 23.1. The normalized spacial score (nSPS) is 11.5. The molecule has 0 saturated carbocycles. The van der Waals surface area contributed by atoms with E-state index in [1.807, 2.05) is 66.7 Å². The number of nitrogens with zero attached hydrogens (tertiary/aromatic N) is 3. The standard InChI is InChI=1S/C37H22ClN3O/c38-27-20-21-30-33(22-27)42-32-15-7-14-31(34(30)32)37-40-35(25-9-2-1-3-10-25)39-36(41-37)26-18-16-24(17-19-26)29-13-6-11-23-8-4-5-12-28(23)29/h1-22H. The molecular weight excluding hydrogens is 538 g/mol. The maximum absolute atomic E-state index is 6.27.